The Balaban J connectivity index is 2.21. The number of aryl methyl sites for hydroxylation is 1. The van der Waals surface area contributed by atoms with Crippen molar-refractivity contribution in [2.75, 3.05) is 0 Å². The van der Waals surface area contributed by atoms with Crippen molar-refractivity contribution >= 4 is 5.57 Å². The Morgan fingerprint density at radius 3 is 2.24 bits per heavy atom. The average molecular weight is 325 g/mol. The van der Waals surface area contributed by atoms with Gasteiger partial charge in [-0.15, -0.1) is 0 Å². The van der Waals surface area contributed by atoms with Gasteiger partial charge in [-0.25, -0.2) is 4.98 Å². The number of aromatic nitrogens is 1. The third-order valence-electron chi connectivity index (χ3n) is 4.20. The van der Waals surface area contributed by atoms with Crippen molar-refractivity contribution in [3.63, 3.8) is 0 Å². The van der Waals surface area contributed by atoms with Gasteiger partial charge in [-0.05, 0) is 49.6 Å². The van der Waals surface area contributed by atoms with Crippen molar-refractivity contribution < 1.29 is 0 Å². The van der Waals surface area contributed by atoms with E-state index in [2.05, 4.69) is 92.7 Å². The minimum absolute atomic E-state index is 0.999. The lowest BCUT2D eigenvalue weighted by Crippen LogP contribution is -1.93. The van der Waals surface area contributed by atoms with Gasteiger partial charge in [0.25, 0.3) is 0 Å². The van der Waals surface area contributed by atoms with Gasteiger partial charge in [-0.1, -0.05) is 78.4 Å². The van der Waals surface area contributed by atoms with Crippen LogP contribution in [0.2, 0.25) is 0 Å². The van der Waals surface area contributed by atoms with Crippen LogP contribution in [-0.2, 0) is 0 Å². The number of rotatable bonds is 4. The van der Waals surface area contributed by atoms with Crippen molar-refractivity contribution in [1.82, 2.24) is 4.98 Å². The summed E-state index contributed by atoms with van der Waals surface area (Å²) in [6.07, 6.45) is 6.27. The van der Waals surface area contributed by atoms with Crippen molar-refractivity contribution in [3.05, 3.63) is 96.2 Å². The minimum atomic E-state index is 0.999. The molecule has 0 fully saturated rings. The molecule has 3 aromatic rings. The van der Waals surface area contributed by atoms with Crippen LogP contribution in [0.15, 0.2) is 85.0 Å². The molecule has 1 nitrogen and oxygen atoms in total. The predicted molar refractivity (Wildman–Crippen MR) is 108 cm³/mol. The molecule has 0 aliphatic rings. The largest absolute Gasteiger partial charge is 0.248 e. The molecule has 0 saturated heterocycles. The Bertz CT molecular complexity index is 918. The Hall–Kier alpha value is -2.93. The second kappa shape index (κ2) is 7.76. The van der Waals surface area contributed by atoms with E-state index in [1.54, 1.807) is 0 Å². The molecule has 0 radical (unpaired) electrons. The second-order valence-electron chi connectivity index (χ2n) is 6.11. The van der Waals surface area contributed by atoms with E-state index in [0.29, 0.717) is 0 Å². The van der Waals surface area contributed by atoms with Crippen LogP contribution in [0.1, 0.15) is 25.1 Å². The Morgan fingerprint density at radius 2 is 1.56 bits per heavy atom. The molecule has 25 heavy (non-hydrogen) atoms. The number of nitrogens with zero attached hydrogens (tertiary/aromatic N) is 1. The molecule has 0 N–H and O–H groups in total. The molecule has 0 spiro atoms. The lowest BCUT2D eigenvalue weighted by atomic mass is 9.99. The molecular weight excluding hydrogens is 302 g/mol. The summed E-state index contributed by atoms with van der Waals surface area (Å²) in [7, 11) is 0. The fourth-order valence-corrected chi connectivity index (χ4v) is 2.94. The van der Waals surface area contributed by atoms with Gasteiger partial charge < -0.3 is 0 Å². The van der Waals surface area contributed by atoms with Crippen molar-refractivity contribution in [3.8, 4) is 22.4 Å². The average Bonchev–Trinajstić information content (AvgIpc) is 2.66. The molecule has 0 amide bonds. The molecule has 124 valence electrons. The minimum Gasteiger partial charge on any atom is -0.248 e. The highest BCUT2D eigenvalue weighted by atomic mass is 14.7. The summed E-state index contributed by atoms with van der Waals surface area (Å²) in [6.45, 7) is 6.21. The molecular formula is C24H23N. The van der Waals surface area contributed by atoms with Crippen LogP contribution in [-0.4, -0.2) is 4.98 Å². The Morgan fingerprint density at radius 1 is 0.800 bits per heavy atom. The maximum absolute atomic E-state index is 4.92. The van der Waals surface area contributed by atoms with Crippen LogP contribution in [0.4, 0.5) is 0 Å². The fourth-order valence-electron chi connectivity index (χ4n) is 2.94. The zero-order chi connectivity index (χ0) is 17.6. The lowest BCUT2D eigenvalue weighted by molar-refractivity contribution is 1.28. The van der Waals surface area contributed by atoms with Gasteiger partial charge in [0.05, 0.1) is 11.4 Å². The summed E-state index contributed by atoms with van der Waals surface area (Å²) in [5.74, 6) is 0. The Labute approximate surface area is 150 Å². The Kier molecular flexibility index (Phi) is 5.25. The molecule has 1 heteroatoms. The van der Waals surface area contributed by atoms with Crippen molar-refractivity contribution in [2.24, 2.45) is 0 Å². The molecule has 0 saturated carbocycles. The summed E-state index contributed by atoms with van der Waals surface area (Å²) >= 11 is 0. The standard InChI is InChI=1S/C24H23N/c1-4-10-19(5-2)23-16-22(21-14-9-11-18(3)15-21)17-24(25-23)20-12-7-6-8-13-20/h4-17H,1-3H3/b10-4-,19-5+. The zero-order valence-electron chi connectivity index (χ0n) is 15.0. The van der Waals surface area contributed by atoms with Gasteiger partial charge in [0.1, 0.15) is 0 Å². The monoisotopic (exact) mass is 325 g/mol. The molecule has 1 aromatic heterocycles. The van der Waals surface area contributed by atoms with E-state index in [-0.39, 0.29) is 0 Å². The molecule has 2 aromatic carbocycles. The van der Waals surface area contributed by atoms with Gasteiger partial charge in [0.15, 0.2) is 0 Å². The number of hydrogen-bond donors (Lipinski definition) is 0. The highest BCUT2D eigenvalue weighted by Gasteiger charge is 2.09. The van der Waals surface area contributed by atoms with Crippen LogP contribution in [0, 0.1) is 6.92 Å². The van der Waals surface area contributed by atoms with Gasteiger partial charge in [0.2, 0.25) is 0 Å². The topological polar surface area (TPSA) is 12.9 Å². The molecule has 0 aliphatic heterocycles. The van der Waals surface area contributed by atoms with E-state index < -0.39 is 0 Å². The van der Waals surface area contributed by atoms with Gasteiger partial charge in [-0.2, -0.15) is 0 Å². The lowest BCUT2D eigenvalue weighted by Gasteiger charge is -2.11. The number of hydrogen-bond acceptors (Lipinski definition) is 1. The first kappa shape index (κ1) is 16.9. The van der Waals surface area contributed by atoms with Gasteiger partial charge in [-0.3, -0.25) is 0 Å². The van der Waals surface area contributed by atoms with Crippen LogP contribution < -0.4 is 0 Å². The van der Waals surface area contributed by atoms with Crippen LogP contribution in [0.25, 0.3) is 28.0 Å². The maximum Gasteiger partial charge on any atom is 0.0715 e. The molecule has 0 bridgehead atoms. The van der Waals surface area contributed by atoms with E-state index in [0.717, 1.165) is 22.5 Å². The summed E-state index contributed by atoms with van der Waals surface area (Å²) in [5.41, 5.74) is 7.94. The SMILES string of the molecule is C/C=C\C(=C/C)c1cc(-c2cccc(C)c2)cc(-c2ccccc2)n1. The molecule has 0 atom stereocenters. The third kappa shape index (κ3) is 3.95. The number of pyridine rings is 1. The first-order chi connectivity index (χ1) is 12.2. The molecule has 0 aliphatic carbocycles. The van der Waals surface area contributed by atoms with E-state index in [9.17, 15) is 0 Å². The smallest absolute Gasteiger partial charge is 0.0715 e. The molecule has 0 unspecified atom stereocenters. The van der Waals surface area contributed by atoms with Crippen molar-refractivity contribution in [1.29, 1.82) is 0 Å². The number of benzene rings is 2. The van der Waals surface area contributed by atoms with E-state index in [4.69, 9.17) is 4.98 Å². The van der Waals surface area contributed by atoms with E-state index >= 15 is 0 Å². The van der Waals surface area contributed by atoms with Crippen LogP contribution >= 0.6 is 0 Å². The van der Waals surface area contributed by atoms with E-state index in [1.165, 1.54) is 16.7 Å². The first-order valence-electron chi connectivity index (χ1n) is 8.65. The fraction of sp³-hybridized carbons (Fsp3) is 0.125. The third-order valence-corrected chi connectivity index (χ3v) is 4.20. The normalized spacial score (nSPS) is 11.9. The summed E-state index contributed by atoms with van der Waals surface area (Å²) in [5, 5.41) is 0. The summed E-state index contributed by atoms with van der Waals surface area (Å²) in [6, 6.07) is 23.3. The summed E-state index contributed by atoms with van der Waals surface area (Å²) < 4.78 is 0. The van der Waals surface area contributed by atoms with Gasteiger partial charge in [0, 0.05) is 5.56 Å². The maximum atomic E-state index is 4.92. The summed E-state index contributed by atoms with van der Waals surface area (Å²) in [4.78, 5) is 4.92. The highest BCUT2D eigenvalue weighted by Crippen LogP contribution is 2.29. The quantitative estimate of drug-likeness (QED) is 0.486. The number of allylic oxidation sites excluding steroid dienone is 4. The highest BCUT2D eigenvalue weighted by molar-refractivity contribution is 5.79. The first-order valence-corrected chi connectivity index (χ1v) is 8.65. The van der Waals surface area contributed by atoms with E-state index in [1.807, 2.05) is 13.0 Å². The molecule has 1 heterocycles. The van der Waals surface area contributed by atoms with Crippen molar-refractivity contribution in [2.45, 2.75) is 20.8 Å². The van der Waals surface area contributed by atoms with Crippen LogP contribution in [0.3, 0.4) is 0 Å². The van der Waals surface area contributed by atoms with Crippen LogP contribution in [0.5, 0.6) is 0 Å². The second-order valence-corrected chi connectivity index (χ2v) is 6.11. The zero-order valence-corrected chi connectivity index (χ0v) is 15.0. The predicted octanol–water partition coefficient (Wildman–Crippen LogP) is 6.70. The molecule has 3 rings (SSSR count). The van der Waals surface area contributed by atoms with Gasteiger partial charge >= 0.3 is 0 Å².